The van der Waals surface area contributed by atoms with Gasteiger partial charge in [0.2, 0.25) is 0 Å². The van der Waals surface area contributed by atoms with E-state index in [1.807, 2.05) is 6.92 Å². The minimum Gasteiger partial charge on any atom is -0.493 e. The number of hydrogen-bond donors (Lipinski definition) is 1. The second kappa shape index (κ2) is 5.54. The van der Waals surface area contributed by atoms with Crippen molar-refractivity contribution in [2.24, 2.45) is 11.7 Å². The van der Waals surface area contributed by atoms with Crippen LogP contribution in [0.15, 0.2) is 18.2 Å². The van der Waals surface area contributed by atoms with Crippen LogP contribution in [0.2, 0.25) is 0 Å². The Labute approximate surface area is 104 Å². The highest BCUT2D eigenvalue weighted by Gasteiger charge is 2.18. The standard InChI is InChI=1S/C15H23NO/c1-11-6-7-15(14(8-11)9-12(2)16)17-10-13-4-3-5-13/h6-8,12-13H,3-5,9-10,16H2,1-2H3. The fraction of sp³-hybridized carbons (Fsp3) is 0.600. The van der Waals surface area contributed by atoms with Crippen LogP contribution >= 0.6 is 0 Å². The monoisotopic (exact) mass is 233 g/mol. The molecule has 2 N–H and O–H groups in total. The Kier molecular flexibility index (Phi) is 4.06. The molecule has 0 spiro atoms. The van der Waals surface area contributed by atoms with Crippen LogP contribution in [-0.2, 0) is 6.42 Å². The summed E-state index contributed by atoms with van der Waals surface area (Å²) in [5, 5.41) is 0. The summed E-state index contributed by atoms with van der Waals surface area (Å²) in [6.07, 6.45) is 4.92. The summed E-state index contributed by atoms with van der Waals surface area (Å²) in [5.41, 5.74) is 8.41. The van der Waals surface area contributed by atoms with E-state index in [0.717, 1.165) is 24.7 Å². The first kappa shape index (κ1) is 12.4. The average molecular weight is 233 g/mol. The third-order valence-corrected chi connectivity index (χ3v) is 3.46. The lowest BCUT2D eigenvalue weighted by molar-refractivity contribution is 0.179. The quantitative estimate of drug-likeness (QED) is 0.848. The summed E-state index contributed by atoms with van der Waals surface area (Å²) in [4.78, 5) is 0. The molecule has 2 rings (SSSR count). The highest BCUT2D eigenvalue weighted by Crippen LogP contribution is 2.28. The summed E-state index contributed by atoms with van der Waals surface area (Å²) >= 11 is 0. The number of rotatable bonds is 5. The highest BCUT2D eigenvalue weighted by molar-refractivity contribution is 5.37. The van der Waals surface area contributed by atoms with E-state index in [9.17, 15) is 0 Å². The minimum atomic E-state index is 0.183. The molecular weight excluding hydrogens is 210 g/mol. The van der Waals surface area contributed by atoms with Crippen molar-refractivity contribution < 1.29 is 4.74 Å². The molecule has 1 aliphatic rings. The van der Waals surface area contributed by atoms with Gasteiger partial charge in [0.05, 0.1) is 6.61 Å². The lowest BCUT2D eigenvalue weighted by Crippen LogP contribution is -2.21. The topological polar surface area (TPSA) is 35.2 Å². The van der Waals surface area contributed by atoms with Gasteiger partial charge in [0.1, 0.15) is 5.75 Å². The molecule has 1 unspecified atom stereocenters. The molecule has 1 saturated carbocycles. The third kappa shape index (κ3) is 3.47. The lowest BCUT2D eigenvalue weighted by atomic mass is 9.86. The van der Waals surface area contributed by atoms with Gasteiger partial charge in [0.25, 0.3) is 0 Å². The number of ether oxygens (including phenoxy) is 1. The van der Waals surface area contributed by atoms with Gasteiger partial charge in [-0.05, 0) is 50.7 Å². The fourth-order valence-corrected chi connectivity index (χ4v) is 2.22. The average Bonchev–Trinajstić information content (AvgIpc) is 2.17. The van der Waals surface area contributed by atoms with Crippen molar-refractivity contribution in [1.29, 1.82) is 0 Å². The number of hydrogen-bond acceptors (Lipinski definition) is 2. The van der Waals surface area contributed by atoms with Crippen LogP contribution in [-0.4, -0.2) is 12.6 Å². The van der Waals surface area contributed by atoms with E-state index in [1.54, 1.807) is 0 Å². The molecule has 0 heterocycles. The zero-order chi connectivity index (χ0) is 12.3. The largest absolute Gasteiger partial charge is 0.493 e. The molecule has 0 saturated heterocycles. The maximum atomic E-state index is 5.94. The molecule has 1 fully saturated rings. The van der Waals surface area contributed by atoms with Crippen LogP contribution < -0.4 is 10.5 Å². The van der Waals surface area contributed by atoms with Crippen molar-refractivity contribution in [2.75, 3.05) is 6.61 Å². The maximum Gasteiger partial charge on any atom is 0.122 e. The predicted octanol–water partition coefficient (Wildman–Crippen LogP) is 3.06. The van der Waals surface area contributed by atoms with Crippen LogP contribution in [0.5, 0.6) is 5.75 Å². The molecular formula is C15H23NO. The Balaban J connectivity index is 2.02. The Morgan fingerprint density at radius 1 is 1.41 bits per heavy atom. The summed E-state index contributed by atoms with van der Waals surface area (Å²) < 4.78 is 5.94. The van der Waals surface area contributed by atoms with Crippen molar-refractivity contribution in [2.45, 2.75) is 45.6 Å². The van der Waals surface area contributed by atoms with Crippen molar-refractivity contribution in [3.8, 4) is 5.75 Å². The zero-order valence-electron chi connectivity index (χ0n) is 10.9. The van der Waals surface area contributed by atoms with E-state index in [-0.39, 0.29) is 6.04 Å². The Hall–Kier alpha value is -1.02. The third-order valence-electron chi connectivity index (χ3n) is 3.46. The lowest BCUT2D eigenvalue weighted by Gasteiger charge is -2.26. The smallest absolute Gasteiger partial charge is 0.122 e. The van der Waals surface area contributed by atoms with E-state index in [4.69, 9.17) is 10.5 Å². The molecule has 94 valence electrons. The molecule has 1 aliphatic carbocycles. The summed E-state index contributed by atoms with van der Waals surface area (Å²) in [7, 11) is 0. The molecule has 0 aromatic heterocycles. The molecule has 17 heavy (non-hydrogen) atoms. The molecule has 1 aromatic rings. The molecule has 1 atom stereocenters. The molecule has 2 nitrogen and oxygen atoms in total. The van der Waals surface area contributed by atoms with E-state index in [1.165, 1.54) is 30.4 Å². The Morgan fingerprint density at radius 2 is 2.18 bits per heavy atom. The molecule has 1 aromatic carbocycles. The Bertz CT molecular complexity index is 369. The van der Waals surface area contributed by atoms with Gasteiger partial charge in [-0.15, -0.1) is 0 Å². The first-order valence-corrected chi connectivity index (χ1v) is 6.63. The molecule has 0 amide bonds. The Morgan fingerprint density at radius 3 is 2.76 bits per heavy atom. The summed E-state index contributed by atoms with van der Waals surface area (Å²) in [5.74, 6) is 1.80. The molecule has 0 radical (unpaired) electrons. The van der Waals surface area contributed by atoms with Gasteiger partial charge in [0.15, 0.2) is 0 Å². The van der Waals surface area contributed by atoms with Gasteiger partial charge in [-0.25, -0.2) is 0 Å². The molecule has 0 bridgehead atoms. The van der Waals surface area contributed by atoms with Gasteiger partial charge in [0, 0.05) is 6.04 Å². The van der Waals surface area contributed by atoms with Crippen molar-refractivity contribution in [1.82, 2.24) is 0 Å². The number of nitrogens with two attached hydrogens (primary N) is 1. The zero-order valence-corrected chi connectivity index (χ0v) is 10.9. The van der Waals surface area contributed by atoms with E-state index in [0.29, 0.717) is 0 Å². The van der Waals surface area contributed by atoms with Crippen molar-refractivity contribution >= 4 is 0 Å². The van der Waals surface area contributed by atoms with E-state index >= 15 is 0 Å². The molecule has 0 aliphatic heterocycles. The fourth-order valence-electron chi connectivity index (χ4n) is 2.22. The SMILES string of the molecule is Cc1ccc(OCC2CCC2)c(CC(C)N)c1. The van der Waals surface area contributed by atoms with E-state index < -0.39 is 0 Å². The second-order valence-corrected chi connectivity index (χ2v) is 5.40. The van der Waals surface area contributed by atoms with Gasteiger partial charge < -0.3 is 10.5 Å². The first-order chi connectivity index (χ1) is 8.15. The van der Waals surface area contributed by atoms with Crippen LogP contribution in [0.25, 0.3) is 0 Å². The van der Waals surface area contributed by atoms with E-state index in [2.05, 4.69) is 25.1 Å². The minimum absolute atomic E-state index is 0.183. The van der Waals surface area contributed by atoms with Gasteiger partial charge in [-0.2, -0.15) is 0 Å². The van der Waals surface area contributed by atoms with Crippen LogP contribution in [0, 0.1) is 12.8 Å². The van der Waals surface area contributed by atoms with Gasteiger partial charge in [-0.3, -0.25) is 0 Å². The van der Waals surface area contributed by atoms with Crippen LogP contribution in [0.1, 0.15) is 37.3 Å². The van der Waals surface area contributed by atoms with Crippen LogP contribution in [0.3, 0.4) is 0 Å². The predicted molar refractivity (Wildman–Crippen MR) is 71.4 cm³/mol. The van der Waals surface area contributed by atoms with Gasteiger partial charge >= 0.3 is 0 Å². The van der Waals surface area contributed by atoms with Crippen molar-refractivity contribution in [3.05, 3.63) is 29.3 Å². The van der Waals surface area contributed by atoms with Crippen LogP contribution in [0.4, 0.5) is 0 Å². The summed E-state index contributed by atoms with van der Waals surface area (Å²) in [6, 6.07) is 6.58. The maximum absolute atomic E-state index is 5.94. The molecule has 2 heteroatoms. The number of aryl methyl sites for hydroxylation is 1. The number of benzene rings is 1. The first-order valence-electron chi connectivity index (χ1n) is 6.63. The van der Waals surface area contributed by atoms with Gasteiger partial charge in [-0.1, -0.05) is 24.1 Å². The van der Waals surface area contributed by atoms with Crippen molar-refractivity contribution in [3.63, 3.8) is 0 Å². The normalized spacial score (nSPS) is 17.6. The summed E-state index contributed by atoms with van der Waals surface area (Å²) in [6.45, 7) is 5.02. The highest BCUT2D eigenvalue weighted by atomic mass is 16.5. The second-order valence-electron chi connectivity index (χ2n) is 5.40.